The molecule has 0 aliphatic rings. The average molecular weight is 196 g/mol. The monoisotopic (exact) mass is 196 g/mol. The first-order chi connectivity index (χ1) is 6.59. The topological polar surface area (TPSA) is 60.7 Å². The maximum Gasteiger partial charge on any atom is 0.113 e. The molecule has 3 N–H and O–H groups in total. The Labute approximate surface area is 83.6 Å². The van der Waals surface area contributed by atoms with Crippen molar-refractivity contribution in [2.24, 2.45) is 0 Å². The summed E-state index contributed by atoms with van der Waals surface area (Å²) >= 11 is 0. The summed E-state index contributed by atoms with van der Waals surface area (Å²) in [7, 11) is 0. The van der Waals surface area contributed by atoms with E-state index in [4.69, 9.17) is 5.11 Å². The van der Waals surface area contributed by atoms with Gasteiger partial charge in [0, 0.05) is 6.61 Å². The minimum Gasteiger partial charge on any atom is -0.396 e. The Morgan fingerprint density at radius 2 is 1.86 bits per heavy atom. The maximum atomic E-state index is 10.0. The lowest BCUT2D eigenvalue weighted by Gasteiger charge is -2.29. The molecule has 2 unspecified atom stereocenters. The van der Waals surface area contributed by atoms with Crippen LogP contribution in [0.2, 0.25) is 0 Å². The van der Waals surface area contributed by atoms with Crippen LogP contribution >= 0.6 is 0 Å². The first-order valence-electron chi connectivity index (χ1n) is 4.66. The zero-order valence-electron chi connectivity index (χ0n) is 8.22. The minimum absolute atomic E-state index is 0.135. The normalized spacial score (nSPS) is 17.4. The molecule has 0 saturated heterocycles. The summed E-state index contributed by atoms with van der Waals surface area (Å²) in [6.45, 7) is 1.41. The second-order valence-corrected chi connectivity index (χ2v) is 3.54. The Balaban J connectivity index is 2.84. The zero-order valence-corrected chi connectivity index (χ0v) is 8.22. The minimum atomic E-state index is -1.30. The molecule has 2 atom stereocenters. The molecule has 0 aliphatic carbocycles. The van der Waals surface area contributed by atoms with E-state index in [1.165, 1.54) is 0 Å². The number of aliphatic hydroxyl groups is 3. The van der Waals surface area contributed by atoms with Crippen LogP contribution in [0.1, 0.15) is 18.9 Å². The SMILES string of the molecule is CC(O)(c1ccccc1)C(O)CCO. The van der Waals surface area contributed by atoms with Crippen LogP contribution in [0.3, 0.4) is 0 Å². The molecule has 1 rings (SSSR count). The van der Waals surface area contributed by atoms with Gasteiger partial charge in [0.05, 0.1) is 6.10 Å². The molecule has 0 saturated carbocycles. The molecule has 0 amide bonds. The van der Waals surface area contributed by atoms with Crippen molar-refractivity contribution in [1.29, 1.82) is 0 Å². The fourth-order valence-electron chi connectivity index (χ4n) is 1.37. The molecule has 1 aromatic rings. The molecule has 1 aromatic carbocycles. The van der Waals surface area contributed by atoms with Crippen LogP contribution in [0.25, 0.3) is 0 Å². The van der Waals surface area contributed by atoms with E-state index in [0.717, 1.165) is 0 Å². The lowest BCUT2D eigenvalue weighted by atomic mass is 9.89. The number of rotatable bonds is 4. The van der Waals surface area contributed by atoms with Gasteiger partial charge < -0.3 is 15.3 Å². The average Bonchev–Trinajstić information content (AvgIpc) is 2.19. The van der Waals surface area contributed by atoms with Crippen LogP contribution in [0, 0.1) is 0 Å². The van der Waals surface area contributed by atoms with Gasteiger partial charge in [0.25, 0.3) is 0 Å². The van der Waals surface area contributed by atoms with E-state index >= 15 is 0 Å². The number of hydrogen-bond acceptors (Lipinski definition) is 3. The Kier molecular flexibility index (Phi) is 3.63. The molecular formula is C11H16O3. The van der Waals surface area contributed by atoms with Crippen molar-refractivity contribution in [3.63, 3.8) is 0 Å². The van der Waals surface area contributed by atoms with E-state index in [1.54, 1.807) is 31.2 Å². The lowest BCUT2D eigenvalue weighted by molar-refractivity contribution is -0.0751. The number of aliphatic hydroxyl groups excluding tert-OH is 2. The van der Waals surface area contributed by atoms with Gasteiger partial charge in [-0.1, -0.05) is 30.3 Å². The lowest BCUT2D eigenvalue weighted by Crippen LogP contribution is -2.37. The van der Waals surface area contributed by atoms with Crippen molar-refractivity contribution in [1.82, 2.24) is 0 Å². The van der Waals surface area contributed by atoms with Crippen LogP contribution in [-0.2, 0) is 5.60 Å². The van der Waals surface area contributed by atoms with E-state index < -0.39 is 11.7 Å². The van der Waals surface area contributed by atoms with Crippen LogP contribution in [0.15, 0.2) is 30.3 Å². The van der Waals surface area contributed by atoms with Gasteiger partial charge in [-0.2, -0.15) is 0 Å². The van der Waals surface area contributed by atoms with Crippen LogP contribution in [-0.4, -0.2) is 28.0 Å². The third kappa shape index (κ3) is 2.32. The third-order valence-corrected chi connectivity index (χ3v) is 2.41. The van der Waals surface area contributed by atoms with Gasteiger partial charge in [-0.05, 0) is 18.9 Å². The number of hydrogen-bond donors (Lipinski definition) is 3. The van der Waals surface area contributed by atoms with E-state index in [0.29, 0.717) is 5.56 Å². The summed E-state index contributed by atoms with van der Waals surface area (Å²) in [5.74, 6) is 0. The fourth-order valence-corrected chi connectivity index (χ4v) is 1.37. The molecule has 0 radical (unpaired) electrons. The summed E-state index contributed by atoms with van der Waals surface area (Å²) in [5, 5.41) is 28.3. The van der Waals surface area contributed by atoms with Crippen molar-refractivity contribution >= 4 is 0 Å². The quantitative estimate of drug-likeness (QED) is 0.662. The molecule has 14 heavy (non-hydrogen) atoms. The van der Waals surface area contributed by atoms with Crippen molar-refractivity contribution < 1.29 is 15.3 Å². The molecule has 0 fully saturated rings. The summed E-state index contributed by atoms with van der Waals surface area (Å²) in [5.41, 5.74) is -0.648. The summed E-state index contributed by atoms with van der Waals surface area (Å²) in [6.07, 6.45) is -0.781. The van der Waals surface area contributed by atoms with Gasteiger partial charge in [0.15, 0.2) is 0 Å². The van der Waals surface area contributed by atoms with Crippen LogP contribution in [0.4, 0.5) is 0 Å². The predicted octanol–water partition coefficient (Wildman–Crippen LogP) is 0.637. The van der Waals surface area contributed by atoms with Gasteiger partial charge in [0.2, 0.25) is 0 Å². The highest BCUT2D eigenvalue weighted by atomic mass is 16.3. The Morgan fingerprint density at radius 1 is 1.29 bits per heavy atom. The highest BCUT2D eigenvalue weighted by Gasteiger charge is 2.31. The van der Waals surface area contributed by atoms with E-state index in [9.17, 15) is 10.2 Å². The zero-order chi connectivity index (χ0) is 10.6. The van der Waals surface area contributed by atoms with E-state index in [-0.39, 0.29) is 13.0 Å². The molecule has 3 nitrogen and oxygen atoms in total. The summed E-state index contributed by atoms with van der Waals surface area (Å²) in [4.78, 5) is 0. The van der Waals surface area contributed by atoms with Gasteiger partial charge >= 0.3 is 0 Å². The second kappa shape index (κ2) is 4.55. The van der Waals surface area contributed by atoms with Gasteiger partial charge in [-0.15, -0.1) is 0 Å². The van der Waals surface area contributed by atoms with Gasteiger partial charge in [-0.3, -0.25) is 0 Å². The van der Waals surface area contributed by atoms with Gasteiger partial charge in [0.1, 0.15) is 5.60 Å². The fraction of sp³-hybridized carbons (Fsp3) is 0.455. The van der Waals surface area contributed by atoms with Gasteiger partial charge in [-0.25, -0.2) is 0 Å². The smallest absolute Gasteiger partial charge is 0.113 e. The number of benzene rings is 1. The Bertz CT molecular complexity index is 269. The highest BCUT2D eigenvalue weighted by molar-refractivity contribution is 5.22. The molecular weight excluding hydrogens is 180 g/mol. The molecule has 0 aliphatic heterocycles. The van der Waals surface area contributed by atoms with Crippen LogP contribution in [0.5, 0.6) is 0 Å². The van der Waals surface area contributed by atoms with E-state index in [1.807, 2.05) is 6.07 Å². The summed E-state index contributed by atoms with van der Waals surface area (Å²) < 4.78 is 0. The predicted molar refractivity (Wildman–Crippen MR) is 53.7 cm³/mol. The maximum absolute atomic E-state index is 10.0. The summed E-state index contributed by atoms with van der Waals surface area (Å²) in [6, 6.07) is 8.95. The van der Waals surface area contributed by atoms with E-state index in [2.05, 4.69) is 0 Å². The van der Waals surface area contributed by atoms with Crippen molar-refractivity contribution in [2.75, 3.05) is 6.61 Å². The first-order valence-corrected chi connectivity index (χ1v) is 4.66. The Hall–Kier alpha value is -0.900. The molecule has 3 heteroatoms. The van der Waals surface area contributed by atoms with Crippen molar-refractivity contribution in [3.8, 4) is 0 Å². The van der Waals surface area contributed by atoms with Crippen molar-refractivity contribution in [2.45, 2.75) is 25.0 Å². The molecule has 78 valence electrons. The standard InChI is InChI=1S/C11H16O3/c1-11(14,10(13)7-8-12)9-5-3-2-4-6-9/h2-6,10,12-14H,7-8H2,1H3. The van der Waals surface area contributed by atoms with Crippen molar-refractivity contribution in [3.05, 3.63) is 35.9 Å². The second-order valence-electron chi connectivity index (χ2n) is 3.54. The van der Waals surface area contributed by atoms with Crippen LogP contribution < -0.4 is 0 Å². The largest absolute Gasteiger partial charge is 0.396 e. The molecule has 0 aromatic heterocycles. The first kappa shape index (κ1) is 11.2. The molecule has 0 heterocycles. The third-order valence-electron chi connectivity index (χ3n) is 2.41. The molecule has 0 bridgehead atoms. The Morgan fingerprint density at radius 3 is 2.36 bits per heavy atom. The molecule has 0 spiro atoms. The highest BCUT2D eigenvalue weighted by Crippen LogP contribution is 2.25.